The van der Waals surface area contributed by atoms with Crippen molar-refractivity contribution in [2.75, 3.05) is 5.32 Å². The van der Waals surface area contributed by atoms with Gasteiger partial charge in [-0.25, -0.2) is 0 Å². The van der Waals surface area contributed by atoms with Crippen LogP contribution in [0.15, 0.2) is 24.3 Å². The highest BCUT2D eigenvalue weighted by atomic mass is 32.1. The Morgan fingerprint density at radius 3 is 2.14 bits per heavy atom. The number of carbonyl (C=O) groups excluding carboxylic acids is 3. The number of amides is 3. The third-order valence-electron chi connectivity index (χ3n) is 3.96. The zero-order valence-electron chi connectivity index (χ0n) is 16.6. The Balaban J connectivity index is 2.32. The Bertz CT molecular complexity index is 662. The number of hydrogen-bond donors (Lipinski definition) is 4. The van der Waals surface area contributed by atoms with Crippen LogP contribution in [0.2, 0.25) is 0 Å². The fourth-order valence-electron chi connectivity index (χ4n) is 2.45. The Kier molecular flexibility index (Phi) is 11.5. The molecule has 7 nitrogen and oxygen atoms in total. The van der Waals surface area contributed by atoms with Crippen LogP contribution in [0.3, 0.4) is 0 Å². The van der Waals surface area contributed by atoms with Crippen LogP contribution >= 0.6 is 12.2 Å². The highest BCUT2D eigenvalue weighted by molar-refractivity contribution is 7.80. The van der Waals surface area contributed by atoms with E-state index in [0.717, 1.165) is 32.1 Å². The van der Waals surface area contributed by atoms with E-state index in [4.69, 9.17) is 12.2 Å². The van der Waals surface area contributed by atoms with Crippen LogP contribution in [0.5, 0.6) is 0 Å². The van der Waals surface area contributed by atoms with Gasteiger partial charge in [-0.2, -0.15) is 0 Å². The molecule has 3 amide bonds. The number of carbonyl (C=O) groups is 3. The Hall–Kier alpha value is -2.48. The summed E-state index contributed by atoms with van der Waals surface area (Å²) in [6, 6.07) is 6.50. The predicted molar refractivity (Wildman–Crippen MR) is 115 cm³/mol. The number of nitrogens with one attached hydrogen (secondary N) is 4. The van der Waals surface area contributed by atoms with Gasteiger partial charge in [-0.3, -0.25) is 25.2 Å². The summed E-state index contributed by atoms with van der Waals surface area (Å²) in [5.74, 6) is -0.633. The summed E-state index contributed by atoms with van der Waals surface area (Å²) < 4.78 is 0. The molecule has 1 aromatic rings. The number of thiocarbonyl (C=S) groups is 1. The molecule has 28 heavy (non-hydrogen) atoms. The number of rotatable bonds is 10. The summed E-state index contributed by atoms with van der Waals surface area (Å²) in [7, 11) is 0. The minimum Gasteiger partial charge on any atom is -0.326 e. The van der Waals surface area contributed by atoms with Crippen molar-refractivity contribution >= 4 is 40.7 Å². The summed E-state index contributed by atoms with van der Waals surface area (Å²) in [5.41, 5.74) is 5.98. The van der Waals surface area contributed by atoms with Crippen molar-refractivity contribution < 1.29 is 14.4 Å². The molecule has 1 aromatic carbocycles. The van der Waals surface area contributed by atoms with Gasteiger partial charge < -0.3 is 10.6 Å². The lowest BCUT2D eigenvalue weighted by atomic mass is 10.1. The molecule has 0 spiro atoms. The Labute approximate surface area is 172 Å². The average Bonchev–Trinajstić information content (AvgIpc) is 2.66. The molecule has 0 radical (unpaired) electrons. The molecule has 0 heterocycles. The van der Waals surface area contributed by atoms with E-state index in [1.165, 1.54) is 6.42 Å². The highest BCUT2D eigenvalue weighted by Crippen LogP contribution is 2.10. The van der Waals surface area contributed by atoms with Gasteiger partial charge in [-0.15, -0.1) is 0 Å². The predicted octanol–water partition coefficient (Wildman–Crippen LogP) is 3.42. The van der Waals surface area contributed by atoms with Crippen molar-refractivity contribution in [3.8, 4) is 0 Å². The molecule has 1 rings (SSSR count). The van der Waals surface area contributed by atoms with E-state index in [2.05, 4.69) is 28.4 Å². The second kappa shape index (κ2) is 13.7. The van der Waals surface area contributed by atoms with Crippen LogP contribution in [0.4, 0.5) is 5.69 Å². The molecule has 4 N–H and O–H groups in total. The van der Waals surface area contributed by atoms with E-state index in [9.17, 15) is 14.4 Å². The second-order valence-electron chi connectivity index (χ2n) is 6.50. The maximum Gasteiger partial charge on any atom is 0.269 e. The molecule has 0 atom stereocenters. The molecule has 154 valence electrons. The summed E-state index contributed by atoms with van der Waals surface area (Å²) in [6.45, 7) is 4.07. The fourth-order valence-corrected chi connectivity index (χ4v) is 2.62. The van der Waals surface area contributed by atoms with Crippen molar-refractivity contribution in [2.24, 2.45) is 0 Å². The van der Waals surface area contributed by atoms with Gasteiger partial charge in [0.25, 0.3) is 5.91 Å². The van der Waals surface area contributed by atoms with E-state index >= 15 is 0 Å². The lowest BCUT2D eigenvalue weighted by Crippen LogP contribution is -2.48. The number of hydrogen-bond acceptors (Lipinski definition) is 4. The van der Waals surface area contributed by atoms with Crippen molar-refractivity contribution in [1.82, 2.24) is 16.2 Å². The van der Waals surface area contributed by atoms with Gasteiger partial charge in [-0.1, -0.05) is 39.5 Å². The van der Waals surface area contributed by atoms with Crippen LogP contribution in [0, 0.1) is 0 Å². The van der Waals surface area contributed by atoms with Crippen molar-refractivity contribution in [3.63, 3.8) is 0 Å². The summed E-state index contributed by atoms with van der Waals surface area (Å²) in [5, 5.41) is 5.34. The first kappa shape index (κ1) is 23.6. The Morgan fingerprint density at radius 1 is 0.821 bits per heavy atom. The smallest absolute Gasteiger partial charge is 0.269 e. The van der Waals surface area contributed by atoms with E-state index < -0.39 is 5.91 Å². The molecule has 8 heteroatoms. The fraction of sp³-hybridized carbons (Fsp3) is 0.500. The number of unbranched alkanes of at least 4 members (excludes halogenated alkanes) is 4. The molecule has 0 aromatic heterocycles. The molecule has 0 aliphatic heterocycles. The zero-order valence-corrected chi connectivity index (χ0v) is 17.4. The number of benzene rings is 1. The topological polar surface area (TPSA) is 99.3 Å². The van der Waals surface area contributed by atoms with Gasteiger partial charge in [0, 0.05) is 24.1 Å². The van der Waals surface area contributed by atoms with Crippen LogP contribution in [-0.4, -0.2) is 22.8 Å². The molecule has 0 aliphatic carbocycles. The standard InChI is InChI=1S/C20H30N4O3S/c1-3-5-6-7-8-10-18(26)22-20(28)24-23-19(27)15-11-13-16(14-12-15)21-17(25)9-4-2/h11-14H,3-10H2,1-2H3,(H,21,25)(H,23,27)(H2,22,24,26,28). The lowest BCUT2D eigenvalue weighted by Gasteiger charge is -2.11. The molecule has 0 fully saturated rings. The molecule has 0 saturated carbocycles. The van der Waals surface area contributed by atoms with Crippen LogP contribution < -0.4 is 21.5 Å². The number of anilines is 1. The van der Waals surface area contributed by atoms with Crippen molar-refractivity contribution in [1.29, 1.82) is 0 Å². The summed E-state index contributed by atoms with van der Waals surface area (Å²) in [4.78, 5) is 35.5. The van der Waals surface area contributed by atoms with E-state index in [1.54, 1.807) is 24.3 Å². The SMILES string of the molecule is CCCCCCCC(=O)NC(=S)NNC(=O)c1ccc(NC(=O)CCC)cc1. The first-order chi connectivity index (χ1) is 13.5. The third kappa shape index (κ3) is 10.0. The van der Waals surface area contributed by atoms with Crippen molar-refractivity contribution in [3.05, 3.63) is 29.8 Å². The largest absolute Gasteiger partial charge is 0.326 e. The molecule has 0 unspecified atom stereocenters. The first-order valence-corrected chi connectivity index (χ1v) is 10.2. The van der Waals surface area contributed by atoms with Gasteiger partial charge in [-0.05, 0) is 49.3 Å². The minimum absolute atomic E-state index is 0.0513. The molecule has 0 aliphatic rings. The van der Waals surface area contributed by atoms with E-state index in [-0.39, 0.29) is 16.9 Å². The van der Waals surface area contributed by atoms with E-state index in [0.29, 0.717) is 24.1 Å². The Morgan fingerprint density at radius 2 is 1.50 bits per heavy atom. The van der Waals surface area contributed by atoms with Gasteiger partial charge >= 0.3 is 0 Å². The van der Waals surface area contributed by atoms with Crippen molar-refractivity contribution in [2.45, 2.75) is 65.2 Å². The molecular formula is C20H30N4O3S. The van der Waals surface area contributed by atoms with Crippen LogP contribution in [0.25, 0.3) is 0 Å². The number of hydrazine groups is 1. The summed E-state index contributed by atoms with van der Waals surface area (Å²) >= 11 is 5.01. The second-order valence-corrected chi connectivity index (χ2v) is 6.90. The van der Waals surface area contributed by atoms with Gasteiger partial charge in [0.1, 0.15) is 0 Å². The maximum absolute atomic E-state index is 12.1. The minimum atomic E-state index is -0.400. The summed E-state index contributed by atoms with van der Waals surface area (Å²) in [6.07, 6.45) is 6.94. The molecule has 0 saturated heterocycles. The normalized spacial score (nSPS) is 10.1. The first-order valence-electron chi connectivity index (χ1n) is 9.76. The lowest BCUT2D eigenvalue weighted by molar-refractivity contribution is -0.120. The quantitative estimate of drug-likeness (QED) is 0.271. The molecule has 0 bridgehead atoms. The average molecular weight is 407 g/mol. The van der Waals surface area contributed by atoms with Crippen LogP contribution in [0.1, 0.15) is 75.6 Å². The maximum atomic E-state index is 12.1. The van der Waals surface area contributed by atoms with E-state index in [1.807, 2.05) is 6.92 Å². The van der Waals surface area contributed by atoms with Gasteiger partial charge in [0.15, 0.2) is 5.11 Å². The van der Waals surface area contributed by atoms with Gasteiger partial charge in [0.2, 0.25) is 11.8 Å². The molecular weight excluding hydrogens is 376 g/mol. The third-order valence-corrected chi connectivity index (χ3v) is 4.16. The van der Waals surface area contributed by atoms with Gasteiger partial charge in [0.05, 0.1) is 0 Å². The van der Waals surface area contributed by atoms with Crippen LogP contribution in [-0.2, 0) is 9.59 Å². The zero-order chi connectivity index (χ0) is 20.8. The highest BCUT2D eigenvalue weighted by Gasteiger charge is 2.08. The monoisotopic (exact) mass is 406 g/mol.